The van der Waals surface area contributed by atoms with Crippen LogP contribution in [0.1, 0.15) is 180 Å². The molecule has 536 valence electrons. The maximum atomic E-state index is 7.86. The lowest BCUT2D eigenvalue weighted by molar-refractivity contribution is 0.590. The maximum Gasteiger partial charge on any atom is 0.145 e. The summed E-state index contributed by atoms with van der Waals surface area (Å²) in [5.41, 5.74) is 25.0. The van der Waals surface area contributed by atoms with Gasteiger partial charge in [0, 0.05) is 76.5 Å². The molecular formula is C100H105N3OSSi. The Morgan fingerprint density at radius 2 is 0.613 bits per heavy atom. The van der Waals surface area contributed by atoms with Crippen LogP contribution in [0.5, 0.6) is 0 Å². The summed E-state index contributed by atoms with van der Waals surface area (Å²) in [4.78, 5) is 7.56. The number of fused-ring (bicyclic) bond motifs is 11. The number of para-hydroxylation sites is 1. The molecule has 0 saturated carbocycles. The van der Waals surface area contributed by atoms with Gasteiger partial charge in [-0.25, -0.2) is 0 Å². The van der Waals surface area contributed by atoms with Crippen LogP contribution in [-0.4, -0.2) is 8.07 Å². The Balaban J connectivity index is 1.12. The summed E-state index contributed by atoms with van der Waals surface area (Å²) >= 11 is 1.91. The van der Waals surface area contributed by atoms with Crippen LogP contribution in [0.15, 0.2) is 259 Å². The predicted molar refractivity (Wildman–Crippen MR) is 463 cm³/mol. The average molecular weight is 1430 g/mol. The second-order valence-electron chi connectivity index (χ2n) is 37.2. The SMILES string of the molecule is CC(C)(C)c1ccc(N(c2ccc(C(C)(C)C)cc2)c2ccc(C3(c4ccc([Si](C)(C)C)cc4)c4cc(N(c5ccc(C(C)(C)C)cc5)c5ccc(C(C)(C)C)cc5)c5c(oc6ccccc65)c4-c4c3cc(N(c3ccc(C(C)(C)C)cc3)c3ccc(C(C)(C)C)cc3)c3c4sc4ccccc43)cc2)cc1. The van der Waals surface area contributed by atoms with Crippen LogP contribution in [0.25, 0.3) is 53.2 Å². The third-order valence-corrected chi connectivity index (χ3v) is 25.7. The lowest BCUT2D eigenvalue weighted by Gasteiger charge is -2.37. The van der Waals surface area contributed by atoms with E-state index in [-0.39, 0.29) is 32.5 Å². The number of nitrogens with zero attached hydrogens (tertiary/aromatic N) is 3. The lowest BCUT2D eigenvalue weighted by atomic mass is 9.67. The Morgan fingerprint density at radius 1 is 0.311 bits per heavy atom. The van der Waals surface area contributed by atoms with Gasteiger partial charge < -0.3 is 19.1 Å². The first kappa shape index (κ1) is 71.9. The van der Waals surface area contributed by atoms with Gasteiger partial charge in [0.15, 0.2) is 0 Å². The number of anilines is 9. The van der Waals surface area contributed by atoms with E-state index < -0.39 is 13.5 Å². The zero-order chi connectivity index (χ0) is 75.2. The summed E-state index contributed by atoms with van der Waals surface area (Å²) in [6.07, 6.45) is 0. The summed E-state index contributed by atoms with van der Waals surface area (Å²) in [6.45, 7) is 48.9. The second kappa shape index (κ2) is 25.8. The van der Waals surface area contributed by atoms with Gasteiger partial charge in [-0.15, -0.1) is 11.3 Å². The number of hydrogen-bond donors (Lipinski definition) is 0. The first-order valence-electron chi connectivity index (χ1n) is 38.2. The molecule has 2 heterocycles. The first-order chi connectivity index (χ1) is 50.0. The molecule has 1 unspecified atom stereocenters. The molecule has 0 bridgehead atoms. The molecule has 1 aliphatic rings. The van der Waals surface area contributed by atoms with Gasteiger partial charge in [-0.1, -0.05) is 295 Å². The zero-order valence-corrected chi connectivity index (χ0v) is 68.2. The molecule has 0 spiro atoms. The van der Waals surface area contributed by atoms with E-state index >= 15 is 0 Å². The van der Waals surface area contributed by atoms with Crippen molar-refractivity contribution in [3.8, 4) is 11.1 Å². The van der Waals surface area contributed by atoms with E-state index in [4.69, 9.17) is 4.42 Å². The largest absolute Gasteiger partial charge is 0.455 e. The molecule has 15 rings (SSSR count). The van der Waals surface area contributed by atoms with E-state index in [0.717, 1.165) is 84.3 Å². The molecule has 6 heteroatoms. The lowest BCUT2D eigenvalue weighted by Crippen LogP contribution is -2.38. The second-order valence-corrected chi connectivity index (χ2v) is 43.3. The molecule has 4 nitrogen and oxygen atoms in total. The Labute approximate surface area is 636 Å². The Hall–Kier alpha value is -9.72. The van der Waals surface area contributed by atoms with Crippen LogP contribution in [-0.2, 0) is 37.9 Å². The van der Waals surface area contributed by atoms with Gasteiger partial charge in [-0.2, -0.15) is 0 Å². The van der Waals surface area contributed by atoms with Crippen LogP contribution >= 0.6 is 11.3 Å². The fourth-order valence-electron chi connectivity index (χ4n) is 16.2. The molecule has 0 amide bonds. The Bertz CT molecular complexity index is 5200. The smallest absolute Gasteiger partial charge is 0.145 e. The third-order valence-electron chi connectivity index (χ3n) is 22.5. The van der Waals surface area contributed by atoms with E-state index in [2.05, 4.69) is 414 Å². The quantitative estimate of drug-likeness (QED) is 0.114. The normalized spacial score (nSPS) is 14.5. The molecule has 0 radical (unpaired) electrons. The Morgan fingerprint density at radius 3 is 0.972 bits per heavy atom. The molecule has 12 aromatic carbocycles. The van der Waals surface area contributed by atoms with Crippen molar-refractivity contribution in [3.63, 3.8) is 0 Å². The van der Waals surface area contributed by atoms with E-state index in [0.29, 0.717) is 0 Å². The highest BCUT2D eigenvalue weighted by atomic mass is 32.1. The summed E-state index contributed by atoms with van der Waals surface area (Å²) in [6, 6.07) is 99.0. The van der Waals surface area contributed by atoms with Crippen molar-refractivity contribution < 1.29 is 4.42 Å². The molecule has 0 fully saturated rings. The van der Waals surface area contributed by atoms with Gasteiger partial charge in [-0.3, -0.25) is 0 Å². The number of furan rings is 1. The minimum Gasteiger partial charge on any atom is -0.455 e. The fraction of sp³-hybridized carbons (Fsp3) is 0.280. The molecule has 0 saturated heterocycles. The minimum atomic E-state index is -1.86. The zero-order valence-electron chi connectivity index (χ0n) is 66.4. The highest BCUT2D eigenvalue weighted by Crippen LogP contribution is 2.65. The predicted octanol–water partition coefficient (Wildman–Crippen LogP) is 29.1. The van der Waals surface area contributed by atoms with Crippen LogP contribution in [0.4, 0.5) is 51.2 Å². The van der Waals surface area contributed by atoms with E-state index in [1.165, 1.54) is 81.0 Å². The number of hydrogen-bond acceptors (Lipinski definition) is 5. The van der Waals surface area contributed by atoms with Gasteiger partial charge in [0.1, 0.15) is 11.2 Å². The summed E-state index contributed by atoms with van der Waals surface area (Å²) < 4.78 is 10.3. The summed E-state index contributed by atoms with van der Waals surface area (Å²) in [5, 5.41) is 5.98. The van der Waals surface area contributed by atoms with Crippen LogP contribution in [0, 0.1) is 0 Å². The van der Waals surface area contributed by atoms with Crippen molar-refractivity contribution in [2.45, 2.75) is 182 Å². The van der Waals surface area contributed by atoms with Crippen LogP contribution < -0.4 is 19.9 Å². The topological polar surface area (TPSA) is 22.9 Å². The molecule has 2 aromatic heterocycles. The van der Waals surface area contributed by atoms with Crippen LogP contribution in [0.3, 0.4) is 0 Å². The number of rotatable bonds is 12. The molecule has 0 aliphatic heterocycles. The molecule has 1 atom stereocenters. The standard InChI is InChI=1S/C100H105N3OSSi/c1-94(2,3)64-30-46-72(47-31-64)101(73-48-32-65(33-49-73)95(4,5)6)74-58-42-70(43-59-74)100(71-44-60-79(61-45-71)106(19,20)21)82-62-84(102(75-50-34-66(35-51-75)96(7,8)9)76-52-36-67(37-53-76)97(10,11)12)88-80-26-22-24-28-86(80)104-92(88)90(82)91-83(100)63-85(89-81-27-23-25-29-87(81)105-93(89)91)103(77-54-38-68(39-55-77)98(13,14)15)78-56-40-69(41-57-78)99(16,17)18/h22-63H,1-21H3. The summed E-state index contributed by atoms with van der Waals surface area (Å²) in [7, 11) is -1.86. The molecule has 1 aliphatic carbocycles. The number of thiophene rings is 1. The van der Waals surface area contributed by atoms with Crippen molar-refractivity contribution in [3.05, 3.63) is 310 Å². The highest BCUT2D eigenvalue weighted by Gasteiger charge is 2.51. The van der Waals surface area contributed by atoms with Gasteiger partial charge in [-0.05, 0) is 197 Å². The first-order valence-corrected chi connectivity index (χ1v) is 42.5. The highest BCUT2D eigenvalue weighted by molar-refractivity contribution is 7.26. The summed E-state index contributed by atoms with van der Waals surface area (Å²) in [5.74, 6) is 0. The van der Waals surface area contributed by atoms with Crippen LogP contribution in [0.2, 0.25) is 19.6 Å². The third kappa shape index (κ3) is 12.7. The van der Waals surface area contributed by atoms with Gasteiger partial charge >= 0.3 is 0 Å². The average Bonchev–Trinajstić information content (AvgIpc) is 1.50. The molecular weight excluding hydrogens is 1320 g/mol. The van der Waals surface area contributed by atoms with Crippen molar-refractivity contribution in [1.29, 1.82) is 0 Å². The van der Waals surface area contributed by atoms with Crippen molar-refractivity contribution in [1.82, 2.24) is 0 Å². The van der Waals surface area contributed by atoms with Gasteiger partial charge in [0.2, 0.25) is 0 Å². The minimum absolute atomic E-state index is 0.0144. The monoisotopic (exact) mass is 1420 g/mol. The van der Waals surface area contributed by atoms with E-state index in [1.54, 1.807) is 0 Å². The number of benzene rings is 12. The van der Waals surface area contributed by atoms with Crippen molar-refractivity contribution in [2.75, 3.05) is 14.7 Å². The van der Waals surface area contributed by atoms with Crippen molar-refractivity contribution in [2.24, 2.45) is 0 Å². The van der Waals surface area contributed by atoms with Gasteiger partial charge in [0.25, 0.3) is 0 Å². The molecule has 0 N–H and O–H groups in total. The molecule has 14 aromatic rings. The van der Waals surface area contributed by atoms with E-state index in [9.17, 15) is 0 Å². The Kier molecular flexibility index (Phi) is 17.5. The van der Waals surface area contributed by atoms with Gasteiger partial charge in [0.05, 0.1) is 30.2 Å². The van der Waals surface area contributed by atoms with E-state index in [1.807, 2.05) is 11.3 Å². The molecule has 106 heavy (non-hydrogen) atoms. The maximum absolute atomic E-state index is 7.86. The fourth-order valence-corrected chi connectivity index (χ4v) is 18.6. The van der Waals surface area contributed by atoms with Crippen molar-refractivity contribution >= 4 is 118 Å².